The molecular weight excluding hydrogens is 396 g/mol. The fourth-order valence-electron chi connectivity index (χ4n) is 3.77. The molecule has 1 fully saturated rings. The summed E-state index contributed by atoms with van der Waals surface area (Å²) in [4.78, 5) is 26.4. The Labute approximate surface area is 183 Å². The number of nitrogens with zero attached hydrogens (tertiary/aromatic N) is 1. The molecule has 0 radical (unpaired) electrons. The highest BCUT2D eigenvalue weighted by Gasteiger charge is 2.24. The van der Waals surface area contributed by atoms with Crippen LogP contribution in [0.2, 0.25) is 0 Å². The van der Waals surface area contributed by atoms with Crippen LogP contribution in [-0.4, -0.2) is 57.1 Å². The molecular formula is C24H30N2O5. The van der Waals surface area contributed by atoms with Crippen LogP contribution in [0.4, 0.5) is 0 Å². The zero-order valence-corrected chi connectivity index (χ0v) is 18.3. The molecule has 7 heteroatoms. The van der Waals surface area contributed by atoms with Gasteiger partial charge in [-0.25, -0.2) is 0 Å². The molecule has 0 saturated carbocycles. The van der Waals surface area contributed by atoms with Crippen molar-refractivity contribution < 1.29 is 23.8 Å². The van der Waals surface area contributed by atoms with E-state index in [1.54, 1.807) is 25.3 Å². The van der Waals surface area contributed by atoms with Crippen molar-refractivity contribution in [3.8, 4) is 17.2 Å². The number of Topliss-reactive ketones (excluding diaryl/α,β-unsaturated/α-hetero) is 1. The van der Waals surface area contributed by atoms with Gasteiger partial charge >= 0.3 is 0 Å². The van der Waals surface area contributed by atoms with E-state index in [1.807, 2.05) is 18.2 Å². The lowest BCUT2D eigenvalue weighted by atomic mass is 10.0. The van der Waals surface area contributed by atoms with E-state index in [2.05, 4.69) is 16.3 Å². The minimum Gasteiger partial charge on any atom is -0.497 e. The fraction of sp³-hybridized carbons (Fsp3) is 0.417. The van der Waals surface area contributed by atoms with Gasteiger partial charge in [0.15, 0.2) is 23.9 Å². The smallest absolute Gasteiger partial charge is 0.258 e. The lowest BCUT2D eigenvalue weighted by Crippen LogP contribution is -2.38. The number of ketones is 1. The summed E-state index contributed by atoms with van der Waals surface area (Å²) in [5.41, 5.74) is 1.64. The van der Waals surface area contributed by atoms with Crippen LogP contribution in [0.3, 0.4) is 0 Å². The third-order valence-corrected chi connectivity index (χ3v) is 5.48. The maximum absolute atomic E-state index is 12.5. The number of ether oxygens (including phenoxy) is 3. The van der Waals surface area contributed by atoms with E-state index in [4.69, 9.17) is 14.2 Å². The first kappa shape index (κ1) is 22.6. The summed E-state index contributed by atoms with van der Waals surface area (Å²) >= 11 is 0. The van der Waals surface area contributed by atoms with Gasteiger partial charge in [-0.15, -0.1) is 0 Å². The Balaban J connectivity index is 1.61. The van der Waals surface area contributed by atoms with Crippen LogP contribution in [0, 0.1) is 0 Å². The number of methoxy groups -OCH3 is 2. The molecule has 1 heterocycles. The minimum atomic E-state index is -0.218. The second-order valence-electron chi connectivity index (χ2n) is 7.55. The Kier molecular flexibility index (Phi) is 7.89. The third kappa shape index (κ3) is 5.98. The molecule has 1 aliphatic rings. The summed E-state index contributed by atoms with van der Waals surface area (Å²) in [7, 11) is 3.15. The molecule has 1 unspecified atom stereocenters. The van der Waals surface area contributed by atoms with Gasteiger partial charge in [-0.1, -0.05) is 12.1 Å². The minimum absolute atomic E-state index is 0.0620. The summed E-state index contributed by atoms with van der Waals surface area (Å²) in [5.74, 6) is 1.37. The Morgan fingerprint density at radius 3 is 2.48 bits per heavy atom. The van der Waals surface area contributed by atoms with Crippen LogP contribution in [0.15, 0.2) is 42.5 Å². The van der Waals surface area contributed by atoms with Crippen LogP contribution in [0.1, 0.15) is 41.7 Å². The van der Waals surface area contributed by atoms with Crippen molar-refractivity contribution in [1.82, 2.24) is 10.2 Å². The van der Waals surface area contributed by atoms with Crippen molar-refractivity contribution in [2.24, 2.45) is 0 Å². The van der Waals surface area contributed by atoms with Crippen LogP contribution in [0.5, 0.6) is 17.2 Å². The molecule has 0 aromatic heterocycles. The molecule has 1 saturated heterocycles. The Hall–Kier alpha value is -3.06. The first-order valence-electron chi connectivity index (χ1n) is 10.5. The van der Waals surface area contributed by atoms with Gasteiger partial charge < -0.3 is 19.5 Å². The number of carbonyl (C=O) groups is 2. The number of amides is 1. The predicted octanol–water partition coefficient (Wildman–Crippen LogP) is 3.24. The second kappa shape index (κ2) is 10.8. The number of benzene rings is 2. The Bertz CT molecular complexity index is 909. The molecule has 166 valence electrons. The van der Waals surface area contributed by atoms with Crippen molar-refractivity contribution in [3.63, 3.8) is 0 Å². The third-order valence-electron chi connectivity index (χ3n) is 5.48. The molecule has 0 bridgehead atoms. The monoisotopic (exact) mass is 426 g/mol. The quantitative estimate of drug-likeness (QED) is 0.588. The zero-order chi connectivity index (χ0) is 22.2. The molecule has 1 aliphatic heterocycles. The summed E-state index contributed by atoms with van der Waals surface area (Å²) in [5, 5.41) is 2.99. The first-order chi connectivity index (χ1) is 15.0. The van der Waals surface area contributed by atoms with Gasteiger partial charge in [-0.2, -0.15) is 0 Å². The van der Waals surface area contributed by atoms with Crippen LogP contribution >= 0.6 is 0 Å². The molecule has 31 heavy (non-hydrogen) atoms. The molecule has 0 aliphatic carbocycles. The van der Waals surface area contributed by atoms with Crippen LogP contribution < -0.4 is 19.5 Å². The van der Waals surface area contributed by atoms with Gasteiger partial charge in [0, 0.05) is 12.1 Å². The number of hydrogen-bond acceptors (Lipinski definition) is 6. The van der Waals surface area contributed by atoms with E-state index < -0.39 is 0 Å². The molecule has 2 aromatic rings. The van der Waals surface area contributed by atoms with Gasteiger partial charge in [-0.05, 0) is 68.8 Å². The van der Waals surface area contributed by atoms with Crippen molar-refractivity contribution >= 4 is 11.7 Å². The van der Waals surface area contributed by atoms with Crippen molar-refractivity contribution in [2.75, 3.05) is 40.5 Å². The number of nitrogens with one attached hydrogen (secondary N) is 1. The summed E-state index contributed by atoms with van der Waals surface area (Å²) in [6.07, 6.45) is 2.32. The Morgan fingerprint density at radius 1 is 1.03 bits per heavy atom. The fourth-order valence-corrected chi connectivity index (χ4v) is 3.77. The van der Waals surface area contributed by atoms with E-state index in [9.17, 15) is 9.59 Å². The van der Waals surface area contributed by atoms with Gasteiger partial charge in [0.1, 0.15) is 5.75 Å². The molecule has 1 atom stereocenters. The summed E-state index contributed by atoms with van der Waals surface area (Å²) in [6, 6.07) is 13.0. The average Bonchev–Trinajstić information content (AvgIpc) is 3.32. The molecule has 0 spiro atoms. The van der Waals surface area contributed by atoms with Gasteiger partial charge in [0.05, 0.1) is 20.3 Å². The number of carbonyl (C=O) groups excluding carboxylic acids is 2. The standard InChI is InChI=1S/C24H30N2O5/c1-17(27)18-9-10-22(23(14-18)30-3)31-16-24(28)25-15-21(26-11-4-5-12-26)19-7-6-8-20(13-19)29-2/h6-10,13-14,21H,4-5,11-12,15-16H2,1-3H3,(H,25,28). The molecule has 1 amide bonds. The average molecular weight is 427 g/mol. The van der Waals surface area contributed by atoms with E-state index in [-0.39, 0.29) is 24.3 Å². The van der Waals surface area contributed by atoms with Crippen molar-refractivity contribution in [2.45, 2.75) is 25.8 Å². The maximum atomic E-state index is 12.5. The molecule has 7 nitrogen and oxygen atoms in total. The number of hydrogen-bond donors (Lipinski definition) is 1. The van der Waals surface area contributed by atoms with Gasteiger partial charge in [0.25, 0.3) is 5.91 Å². The van der Waals surface area contributed by atoms with E-state index in [1.165, 1.54) is 14.0 Å². The lowest BCUT2D eigenvalue weighted by Gasteiger charge is -2.28. The normalized spacial score (nSPS) is 14.7. The molecule has 3 rings (SSSR count). The predicted molar refractivity (Wildman–Crippen MR) is 118 cm³/mol. The maximum Gasteiger partial charge on any atom is 0.258 e. The van der Waals surface area contributed by atoms with Gasteiger partial charge in [-0.3, -0.25) is 14.5 Å². The zero-order valence-electron chi connectivity index (χ0n) is 18.3. The largest absolute Gasteiger partial charge is 0.497 e. The highest BCUT2D eigenvalue weighted by atomic mass is 16.5. The summed E-state index contributed by atoms with van der Waals surface area (Å²) < 4.78 is 16.3. The number of likely N-dealkylation sites (tertiary alicyclic amines) is 1. The number of rotatable bonds is 10. The van der Waals surface area contributed by atoms with E-state index >= 15 is 0 Å². The molecule has 1 N–H and O–H groups in total. The van der Waals surface area contributed by atoms with Gasteiger partial charge in [0.2, 0.25) is 0 Å². The summed E-state index contributed by atoms with van der Waals surface area (Å²) in [6.45, 7) is 3.85. The lowest BCUT2D eigenvalue weighted by molar-refractivity contribution is -0.123. The SMILES string of the molecule is COc1cccc(C(CNC(=O)COc2ccc(C(C)=O)cc2OC)N2CCCC2)c1. The highest BCUT2D eigenvalue weighted by molar-refractivity contribution is 5.94. The second-order valence-corrected chi connectivity index (χ2v) is 7.55. The van der Waals surface area contributed by atoms with Crippen molar-refractivity contribution in [3.05, 3.63) is 53.6 Å². The van der Waals surface area contributed by atoms with Crippen LogP contribution in [-0.2, 0) is 4.79 Å². The van der Waals surface area contributed by atoms with Crippen LogP contribution in [0.25, 0.3) is 0 Å². The topological polar surface area (TPSA) is 77.1 Å². The van der Waals surface area contributed by atoms with E-state index in [0.29, 0.717) is 23.6 Å². The molecule has 2 aromatic carbocycles. The highest BCUT2D eigenvalue weighted by Crippen LogP contribution is 2.29. The Morgan fingerprint density at radius 2 is 1.81 bits per heavy atom. The van der Waals surface area contributed by atoms with Crippen molar-refractivity contribution in [1.29, 1.82) is 0 Å². The van der Waals surface area contributed by atoms with E-state index in [0.717, 1.165) is 37.2 Å². The first-order valence-corrected chi connectivity index (χ1v) is 10.5.